The molecule has 3 rings (SSSR count). The maximum atomic E-state index is 12.4. The first-order valence-electron chi connectivity index (χ1n) is 6.11. The molecule has 1 saturated heterocycles. The van der Waals surface area contributed by atoms with Crippen LogP contribution in [0.25, 0.3) is 0 Å². The number of rotatable bonds is 2. The van der Waals surface area contributed by atoms with Crippen LogP contribution < -0.4 is 0 Å². The van der Waals surface area contributed by atoms with Crippen molar-refractivity contribution in [2.75, 3.05) is 6.54 Å². The van der Waals surface area contributed by atoms with E-state index in [-0.39, 0.29) is 11.9 Å². The summed E-state index contributed by atoms with van der Waals surface area (Å²) < 4.78 is 0. The van der Waals surface area contributed by atoms with Gasteiger partial charge in [-0.2, -0.15) is 0 Å². The lowest BCUT2D eigenvalue weighted by Gasteiger charge is -2.23. The van der Waals surface area contributed by atoms with Crippen LogP contribution in [0.3, 0.4) is 0 Å². The van der Waals surface area contributed by atoms with E-state index >= 15 is 0 Å². The summed E-state index contributed by atoms with van der Waals surface area (Å²) in [5, 5.41) is 1.94. The largest absolute Gasteiger partial charge is 0.329 e. The maximum Gasteiger partial charge on any atom is 0.264 e. The molecular formula is C14H14N2OS. The zero-order chi connectivity index (χ0) is 12.4. The van der Waals surface area contributed by atoms with Crippen molar-refractivity contribution in [3.8, 4) is 0 Å². The zero-order valence-corrected chi connectivity index (χ0v) is 10.8. The fraction of sp³-hybridized carbons (Fsp3) is 0.286. The van der Waals surface area contributed by atoms with Gasteiger partial charge in [-0.05, 0) is 36.4 Å². The van der Waals surface area contributed by atoms with Gasteiger partial charge in [-0.3, -0.25) is 9.78 Å². The van der Waals surface area contributed by atoms with E-state index in [1.165, 1.54) is 11.3 Å². The van der Waals surface area contributed by atoms with E-state index in [1.54, 1.807) is 6.20 Å². The second kappa shape index (κ2) is 4.90. The summed E-state index contributed by atoms with van der Waals surface area (Å²) in [6.07, 6.45) is 3.86. The van der Waals surface area contributed by atoms with Gasteiger partial charge in [-0.1, -0.05) is 12.1 Å². The third kappa shape index (κ3) is 2.04. The Morgan fingerprint density at radius 3 is 3.00 bits per heavy atom. The standard InChI is InChI=1S/C14H14N2OS/c17-14(13-7-4-10-18-13)16-9-3-6-12(16)11-5-1-2-8-15-11/h1-2,4-5,7-8,10,12H,3,6,9H2. The Morgan fingerprint density at radius 1 is 1.33 bits per heavy atom. The van der Waals surface area contributed by atoms with Crippen molar-refractivity contribution in [1.82, 2.24) is 9.88 Å². The molecule has 2 aromatic heterocycles. The molecule has 0 aromatic carbocycles. The van der Waals surface area contributed by atoms with Gasteiger partial charge in [0.15, 0.2) is 0 Å². The van der Waals surface area contributed by atoms with Crippen LogP contribution in [-0.2, 0) is 0 Å². The summed E-state index contributed by atoms with van der Waals surface area (Å²) in [5.41, 5.74) is 1.000. The number of pyridine rings is 1. The van der Waals surface area contributed by atoms with Crippen LogP contribution in [0.1, 0.15) is 34.2 Å². The molecule has 18 heavy (non-hydrogen) atoms. The first kappa shape index (κ1) is 11.4. The van der Waals surface area contributed by atoms with Crippen molar-refractivity contribution in [2.45, 2.75) is 18.9 Å². The molecule has 0 radical (unpaired) electrons. The van der Waals surface area contributed by atoms with E-state index < -0.39 is 0 Å². The van der Waals surface area contributed by atoms with Gasteiger partial charge in [-0.25, -0.2) is 0 Å². The summed E-state index contributed by atoms with van der Waals surface area (Å²) in [7, 11) is 0. The average molecular weight is 258 g/mol. The lowest BCUT2D eigenvalue weighted by molar-refractivity contribution is 0.0738. The Balaban J connectivity index is 1.86. The van der Waals surface area contributed by atoms with Gasteiger partial charge in [0.1, 0.15) is 0 Å². The molecule has 1 atom stereocenters. The second-order valence-corrected chi connectivity index (χ2v) is 5.34. The number of amides is 1. The molecule has 3 nitrogen and oxygen atoms in total. The number of carbonyl (C=O) groups excluding carboxylic acids is 1. The maximum absolute atomic E-state index is 12.4. The normalized spacial score (nSPS) is 19.1. The SMILES string of the molecule is O=C(c1cccs1)N1CCCC1c1ccccn1. The van der Waals surface area contributed by atoms with Crippen LogP contribution in [0, 0.1) is 0 Å². The summed E-state index contributed by atoms with van der Waals surface area (Å²) in [6.45, 7) is 0.831. The minimum Gasteiger partial charge on any atom is -0.329 e. The van der Waals surface area contributed by atoms with Gasteiger partial charge < -0.3 is 4.90 Å². The molecule has 92 valence electrons. The molecule has 0 bridgehead atoms. The van der Waals surface area contributed by atoms with E-state index in [1.807, 2.05) is 40.6 Å². The number of thiophene rings is 1. The van der Waals surface area contributed by atoms with Crippen LogP contribution in [-0.4, -0.2) is 22.3 Å². The summed E-state index contributed by atoms with van der Waals surface area (Å²) >= 11 is 1.50. The number of hydrogen-bond donors (Lipinski definition) is 0. The van der Waals surface area contributed by atoms with Crippen LogP contribution in [0.4, 0.5) is 0 Å². The minimum absolute atomic E-state index is 0.137. The number of nitrogens with zero attached hydrogens (tertiary/aromatic N) is 2. The van der Waals surface area contributed by atoms with Crippen LogP contribution in [0.15, 0.2) is 41.9 Å². The Hall–Kier alpha value is -1.68. The average Bonchev–Trinajstić information content (AvgIpc) is 3.10. The monoisotopic (exact) mass is 258 g/mol. The van der Waals surface area contributed by atoms with Crippen molar-refractivity contribution in [2.24, 2.45) is 0 Å². The quantitative estimate of drug-likeness (QED) is 0.829. The van der Waals surface area contributed by atoms with E-state index in [9.17, 15) is 4.79 Å². The van der Waals surface area contributed by atoms with Crippen molar-refractivity contribution in [3.05, 3.63) is 52.5 Å². The number of carbonyl (C=O) groups is 1. The first-order chi connectivity index (χ1) is 8.86. The van der Waals surface area contributed by atoms with Gasteiger partial charge in [-0.15, -0.1) is 11.3 Å². The third-order valence-electron chi connectivity index (χ3n) is 3.27. The van der Waals surface area contributed by atoms with Crippen molar-refractivity contribution >= 4 is 17.2 Å². The fourth-order valence-electron chi connectivity index (χ4n) is 2.43. The Kier molecular flexibility index (Phi) is 3.11. The molecule has 3 heterocycles. The zero-order valence-electron chi connectivity index (χ0n) is 9.95. The van der Waals surface area contributed by atoms with E-state index in [4.69, 9.17) is 0 Å². The van der Waals surface area contributed by atoms with Crippen LogP contribution >= 0.6 is 11.3 Å². The molecule has 4 heteroatoms. The van der Waals surface area contributed by atoms with E-state index in [0.717, 1.165) is 30.0 Å². The molecule has 2 aromatic rings. The van der Waals surface area contributed by atoms with Gasteiger partial charge in [0, 0.05) is 12.7 Å². The smallest absolute Gasteiger partial charge is 0.264 e. The highest BCUT2D eigenvalue weighted by Gasteiger charge is 2.31. The van der Waals surface area contributed by atoms with E-state index in [0.29, 0.717) is 0 Å². The topological polar surface area (TPSA) is 33.2 Å². The summed E-state index contributed by atoms with van der Waals surface area (Å²) in [6, 6.07) is 9.84. The Morgan fingerprint density at radius 2 is 2.28 bits per heavy atom. The molecule has 0 N–H and O–H groups in total. The molecule has 1 unspecified atom stereocenters. The number of aromatic nitrogens is 1. The summed E-state index contributed by atoms with van der Waals surface area (Å²) in [4.78, 5) is 19.6. The molecular weight excluding hydrogens is 244 g/mol. The predicted molar refractivity (Wildman–Crippen MR) is 71.6 cm³/mol. The van der Waals surface area contributed by atoms with Gasteiger partial charge in [0.25, 0.3) is 5.91 Å². The summed E-state index contributed by atoms with van der Waals surface area (Å²) in [5.74, 6) is 0.137. The molecule has 1 aliphatic heterocycles. The second-order valence-electron chi connectivity index (χ2n) is 4.39. The predicted octanol–water partition coefficient (Wildman–Crippen LogP) is 3.12. The molecule has 0 saturated carbocycles. The minimum atomic E-state index is 0.137. The van der Waals surface area contributed by atoms with Gasteiger partial charge in [0.05, 0.1) is 16.6 Å². The number of hydrogen-bond acceptors (Lipinski definition) is 3. The highest BCUT2D eigenvalue weighted by atomic mass is 32.1. The fourth-order valence-corrected chi connectivity index (χ4v) is 3.11. The first-order valence-corrected chi connectivity index (χ1v) is 6.99. The highest BCUT2D eigenvalue weighted by molar-refractivity contribution is 7.12. The van der Waals surface area contributed by atoms with Crippen LogP contribution in [0.5, 0.6) is 0 Å². The van der Waals surface area contributed by atoms with Gasteiger partial charge in [0.2, 0.25) is 0 Å². The molecule has 0 aliphatic carbocycles. The van der Waals surface area contributed by atoms with Crippen LogP contribution in [0.2, 0.25) is 0 Å². The van der Waals surface area contributed by atoms with Gasteiger partial charge >= 0.3 is 0 Å². The lowest BCUT2D eigenvalue weighted by Crippen LogP contribution is -2.30. The Labute approximate surface area is 110 Å². The lowest BCUT2D eigenvalue weighted by atomic mass is 10.1. The van der Waals surface area contributed by atoms with Crippen molar-refractivity contribution in [1.29, 1.82) is 0 Å². The Bertz CT molecular complexity index is 524. The molecule has 1 fully saturated rings. The number of likely N-dealkylation sites (tertiary alicyclic amines) is 1. The molecule has 1 aliphatic rings. The highest BCUT2D eigenvalue weighted by Crippen LogP contribution is 2.32. The molecule has 0 spiro atoms. The molecule has 1 amide bonds. The third-order valence-corrected chi connectivity index (χ3v) is 4.13. The van der Waals surface area contributed by atoms with Crippen molar-refractivity contribution in [3.63, 3.8) is 0 Å². The van der Waals surface area contributed by atoms with E-state index in [2.05, 4.69) is 4.98 Å². The van der Waals surface area contributed by atoms with Crippen molar-refractivity contribution < 1.29 is 4.79 Å².